The number of halogens is 1. The average molecular weight is 479 g/mol. The summed E-state index contributed by atoms with van der Waals surface area (Å²) in [6.07, 6.45) is 5.10. The summed E-state index contributed by atoms with van der Waals surface area (Å²) in [7, 11) is 0. The Morgan fingerprint density at radius 3 is 2.26 bits per heavy atom. The van der Waals surface area contributed by atoms with Crippen LogP contribution < -0.4 is 14.5 Å². The monoisotopic (exact) mass is 478 g/mol. The third-order valence-corrected chi connectivity index (χ3v) is 7.22. The van der Waals surface area contributed by atoms with Crippen molar-refractivity contribution < 1.29 is 23.9 Å². The molecule has 1 aliphatic carbocycles. The SMILES string of the molecule is Cc1c(Cl)cccc1N1C[C@H](C(=O)Oc2ccc(N3C(=O)[C@@H]4CC=CC[C@H]4C3=O)cc2)CC1=O. The lowest BCUT2D eigenvalue weighted by atomic mass is 9.85. The van der Waals surface area contributed by atoms with Crippen molar-refractivity contribution in [1.82, 2.24) is 0 Å². The zero-order valence-corrected chi connectivity index (χ0v) is 19.3. The first-order valence-electron chi connectivity index (χ1n) is 11.2. The Balaban J connectivity index is 1.25. The molecule has 5 rings (SSSR count). The molecule has 2 aromatic rings. The van der Waals surface area contributed by atoms with Gasteiger partial charge in [-0.2, -0.15) is 0 Å². The van der Waals surface area contributed by atoms with Crippen LogP contribution in [0, 0.1) is 24.7 Å². The maximum atomic E-state index is 12.8. The number of fused-ring (bicyclic) bond motifs is 1. The van der Waals surface area contributed by atoms with Gasteiger partial charge in [-0.05, 0) is 61.7 Å². The van der Waals surface area contributed by atoms with Crippen molar-refractivity contribution in [3.05, 3.63) is 65.2 Å². The number of carbonyl (C=O) groups excluding carboxylic acids is 4. The van der Waals surface area contributed by atoms with Gasteiger partial charge in [0.15, 0.2) is 0 Å². The van der Waals surface area contributed by atoms with E-state index in [9.17, 15) is 19.2 Å². The normalized spacial score (nSPS) is 24.1. The van der Waals surface area contributed by atoms with Crippen LogP contribution in [0.4, 0.5) is 11.4 Å². The Labute approximate surface area is 201 Å². The molecule has 8 heteroatoms. The van der Waals surface area contributed by atoms with Crippen LogP contribution in [0.2, 0.25) is 5.02 Å². The second kappa shape index (κ2) is 8.72. The lowest BCUT2D eigenvalue weighted by Gasteiger charge is -2.19. The number of amides is 3. The zero-order chi connectivity index (χ0) is 24.0. The van der Waals surface area contributed by atoms with Gasteiger partial charge in [-0.15, -0.1) is 0 Å². The number of anilines is 2. The topological polar surface area (TPSA) is 84.0 Å². The second-order valence-corrected chi connectivity index (χ2v) is 9.28. The smallest absolute Gasteiger partial charge is 0.316 e. The van der Waals surface area contributed by atoms with Crippen LogP contribution in [0.3, 0.4) is 0 Å². The van der Waals surface area contributed by atoms with Crippen molar-refractivity contribution >= 4 is 46.7 Å². The first-order valence-corrected chi connectivity index (χ1v) is 11.6. The van der Waals surface area contributed by atoms with Crippen LogP contribution in [0.5, 0.6) is 5.75 Å². The molecule has 2 heterocycles. The predicted octanol–water partition coefficient (Wildman–Crippen LogP) is 4.06. The minimum atomic E-state index is -0.608. The number of nitrogens with zero attached hydrogens (tertiary/aromatic N) is 2. The van der Waals surface area contributed by atoms with E-state index in [0.29, 0.717) is 29.2 Å². The molecule has 0 aromatic heterocycles. The first kappa shape index (κ1) is 22.3. The largest absolute Gasteiger partial charge is 0.426 e. The van der Waals surface area contributed by atoms with Gasteiger partial charge in [-0.1, -0.05) is 29.8 Å². The molecule has 174 valence electrons. The number of hydrogen-bond acceptors (Lipinski definition) is 5. The van der Waals surface area contributed by atoms with Crippen LogP contribution in [0.15, 0.2) is 54.6 Å². The Hall–Kier alpha value is -3.45. The summed E-state index contributed by atoms with van der Waals surface area (Å²) in [6, 6.07) is 11.7. The second-order valence-electron chi connectivity index (χ2n) is 8.87. The number of hydrogen-bond donors (Lipinski definition) is 0. The molecule has 7 nitrogen and oxygen atoms in total. The molecule has 2 aromatic carbocycles. The van der Waals surface area contributed by atoms with E-state index in [0.717, 1.165) is 5.56 Å². The maximum absolute atomic E-state index is 12.8. The Bertz CT molecular complexity index is 1200. The van der Waals surface area contributed by atoms with E-state index in [1.54, 1.807) is 47.4 Å². The van der Waals surface area contributed by atoms with Gasteiger partial charge in [0.2, 0.25) is 17.7 Å². The van der Waals surface area contributed by atoms with E-state index in [1.165, 1.54) is 4.90 Å². The molecule has 0 N–H and O–H groups in total. The van der Waals surface area contributed by atoms with Crippen molar-refractivity contribution in [3.8, 4) is 5.75 Å². The molecule has 0 radical (unpaired) electrons. The minimum absolute atomic E-state index is 0.0520. The molecule has 3 aliphatic rings. The van der Waals surface area contributed by atoms with Gasteiger partial charge < -0.3 is 9.64 Å². The van der Waals surface area contributed by atoms with Crippen molar-refractivity contribution in [2.75, 3.05) is 16.3 Å². The van der Waals surface area contributed by atoms with Crippen molar-refractivity contribution in [2.24, 2.45) is 17.8 Å². The summed E-state index contributed by atoms with van der Waals surface area (Å²) in [4.78, 5) is 53.6. The van der Waals surface area contributed by atoms with E-state index in [4.69, 9.17) is 16.3 Å². The molecule has 0 saturated carbocycles. The molecule has 3 amide bonds. The van der Waals surface area contributed by atoms with Crippen LogP contribution >= 0.6 is 11.6 Å². The van der Waals surface area contributed by atoms with E-state index < -0.39 is 11.9 Å². The van der Waals surface area contributed by atoms with Gasteiger partial charge in [0.05, 0.1) is 23.4 Å². The third-order valence-electron chi connectivity index (χ3n) is 6.81. The summed E-state index contributed by atoms with van der Waals surface area (Å²) in [5.41, 5.74) is 1.93. The summed E-state index contributed by atoms with van der Waals surface area (Å²) >= 11 is 6.18. The fourth-order valence-electron chi connectivity index (χ4n) is 4.90. The Morgan fingerprint density at radius 2 is 1.62 bits per heavy atom. The number of imide groups is 1. The van der Waals surface area contributed by atoms with Crippen molar-refractivity contribution in [1.29, 1.82) is 0 Å². The van der Waals surface area contributed by atoms with Crippen LogP contribution in [0.25, 0.3) is 0 Å². The molecule has 34 heavy (non-hydrogen) atoms. The van der Waals surface area contributed by atoms with Crippen LogP contribution in [-0.2, 0) is 19.2 Å². The standard InChI is InChI=1S/C26H23ClN2O5/c1-15-21(27)7-4-8-22(15)28-14-16(13-23(28)30)26(33)34-18-11-9-17(10-12-18)29-24(31)19-5-2-3-6-20(19)25(29)32/h2-4,7-12,16,19-20H,5-6,13-14H2,1H3/t16-,19-,20-/m1/s1. The molecule has 2 saturated heterocycles. The van der Waals surface area contributed by atoms with Gasteiger partial charge in [-0.25, -0.2) is 0 Å². The van der Waals surface area contributed by atoms with Gasteiger partial charge in [0, 0.05) is 23.7 Å². The number of esters is 1. The van der Waals surface area contributed by atoms with Crippen LogP contribution in [0.1, 0.15) is 24.8 Å². The van der Waals surface area contributed by atoms with E-state index in [-0.39, 0.29) is 48.3 Å². The van der Waals surface area contributed by atoms with Gasteiger partial charge in [-0.3, -0.25) is 24.1 Å². The lowest BCUT2D eigenvalue weighted by molar-refractivity contribution is -0.139. The molecule has 3 atom stereocenters. The summed E-state index contributed by atoms with van der Waals surface area (Å²) in [5.74, 6) is -1.98. The average Bonchev–Trinajstić information content (AvgIpc) is 3.34. The van der Waals surface area contributed by atoms with Crippen LogP contribution in [-0.4, -0.2) is 30.2 Å². The summed E-state index contributed by atoms with van der Waals surface area (Å²) < 4.78 is 5.51. The molecule has 0 unspecified atom stereocenters. The Morgan fingerprint density at radius 1 is 0.971 bits per heavy atom. The van der Waals surface area contributed by atoms with E-state index >= 15 is 0 Å². The first-order chi connectivity index (χ1) is 16.3. The highest BCUT2D eigenvalue weighted by molar-refractivity contribution is 6.31. The molecule has 2 aliphatic heterocycles. The molecular formula is C26H23ClN2O5. The fourth-order valence-corrected chi connectivity index (χ4v) is 5.07. The quantitative estimate of drug-likeness (QED) is 0.286. The van der Waals surface area contributed by atoms with Gasteiger partial charge >= 0.3 is 5.97 Å². The third kappa shape index (κ3) is 3.80. The number of ether oxygens (including phenoxy) is 1. The number of benzene rings is 2. The minimum Gasteiger partial charge on any atom is -0.426 e. The molecular weight excluding hydrogens is 456 g/mol. The summed E-state index contributed by atoms with van der Waals surface area (Å²) in [5, 5.41) is 0.557. The predicted molar refractivity (Wildman–Crippen MR) is 127 cm³/mol. The molecule has 0 bridgehead atoms. The Kier molecular flexibility index (Phi) is 5.73. The van der Waals surface area contributed by atoms with Gasteiger partial charge in [0.1, 0.15) is 5.75 Å². The molecule has 2 fully saturated rings. The van der Waals surface area contributed by atoms with Gasteiger partial charge in [0.25, 0.3) is 0 Å². The number of rotatable bonds is 4. The highest BCUT2D eigenvalue weighted by Gasteiger charge is 2.47. The highest BCUT2D eigenvalue weighted by Crippen LogP contribution is 2.38. The van der Waals surface area contributed by atoms with E-state index in [2.05, 4.69) is 0 Å². The zero-order valence-electron chi connectivity index (χ0n) is 18.6. The molecule has 0 spiro atoms. The lowest BCUT2D eigenvalue weighted by Crippen LogP contribution is -2.30. The number of carbonyl (C=O) groups is 4. The van der Waals surface area contributed by atoms with Crippen molar-refractivity contribution in [3.63, 3.8) is 0 Å². The maximum Gasteiger partial charge on any atom is 0.316 e. The van der Waals surface area contributed by atoms with Crippen molar-refractivity contribution in [2.45, 2.75) is 26.2 Å². The highest BCUT2D eigenvalue weighted by atomic mass is 35.5. The summed E-state index contributed by atoms with van der Waals surface area (Å²) in [6.45, 7) is 2.05. The fraction of sp³-hybridized carbons (Fsp3) is 0.308. The number of allylic oxidation sites excluding steroid dienone is 2. The van der Waals surface area contributed by atoms with E-state index in [1.807, 2.05) is 19.1 Å².